The van der Waals surface area contributed by atoms with E-state index in [1.54, 1.807) is 37.4 Å². The number of amides is 2. The molecule has 0 radical (unpaired) electrons. The van der Waals surface area contributed by atoms with Gasteiger partial charge in [0.2, 0.25) is 11.9 Å². The Labute approximate surface area is 168 Å². The summed E-state index contributed by atoms with van der Waals surface area (Å²) in [4.78, 5) is 31.9. The van der Waals surface area contributed by atoms with Crippen molar-refractivity contribution in [2.24, 2.45) is 0 Å². The normalized spacial score (nSPS) is 10.1. The molecule has 0 aliphatic heterocycles. The van der Waals surface area contributed by atoms with E-state index in [4.69, 9.17) is 4.74 Å². The number of carbonyl (C=O) groups excluding carboxylic acids is 2. The van der Waals surface area contributed by atoms with Crippen molar-refractivity contribution in [1.29, 1.82) is 0 Å². The van der Waals surface area contributed by atoms with E-state index >= 15 is 0 Å². The Balaban J connectivity index is 1.60. The van der Waals surface area contributed by atoms with Gasteiger partial charge in [-0.05, 0) is 48.0 Å². The minimum absolute atomic E-state index is 0.137. The first-order valence-corrected chi connectivity index (χ1v) is 8.92. The van der Waals surface area contributed by atoms with Gasteiger partial charge in [-0.3, -0.25) is 9.59 Å². The van der Waals surface area contributed by atoms with Gasteiger partial charge in [0, 0.05) is 31.0 Å². The Kier molecular flexibility index (Phi) is 6.36. The van der Waals surface area contributed by atoms with Gasteiger partial charge in [0.15, 0.2) is 0 Å². The Morgan fingerprint density at radius 2 is 1.66 bits per heavy atom. The van der Waals surface area contributed by atoms with Crippen molar-refractivity contribution in [3.63, 3.8) is 0 Å². The van der Waals surface area contributed by atoms with Crippen LogP contribution < -0.4 is 20.7 Å². The molecule has 8 nitrogen and oxygen atoms in total. The number of hydrogen-bond donors (Lipinski definition) is 3. The molecule has 3 aromatic rings. The van der Waals surface area contributed by atoms with Crippen LogP contribution in [0.4, 0.5) is 17.3 Å². The second-order valence-corrected chi connectivity index (χ2v) is 6.18. The summed E-state index contributed by atoms with van der Waals surface area (Å²) in [6.07, 6.45) is 1.52. The number of hydrogen-bond acceptors (Lipinski definition) is 6. The zero-order valence-corrected chi connectivity index (χ0v) is 16.1. The van der Waals surface area contributed by atoms with Crippen LogP contribution in [0, 0.1) is 0 Å². The van der Waals surface area contributed by atoms with Gasteiger partial charge in [-0.2, -0.15) is 0 Å². The topological polar surface area (TPSA) is 105 Å². The number of benzene rings is 2. The van der Waals surface area contributed by atoms with Crippen LogP contribution in [-0.2, 0) is 11.3 Å². The molecule has 0 aliphatic carbocycles. The molecule has 0 spiro atoms. The fourth-order valence-corrected chi connectivity index (χ4v) is 2.53. The standard InChI is InChI=1S/C21H21N5O3/c1-14(27)24-16-5-7-17(8-6-16)25-21-22-12-11-19(26-21)20(28)23-13-15-3-9-18(29-2)10-4-15/h3-12H,13H2,1-2H3,(H,23,28)(H,24,27)(H,22,25,26). The van der Waals surface area contributed by atoms with E-state index in [0.717, 1.165) is 17.0 Å². The average molecular weight is 391 g/mol. The Hall–Kier alpha value is -3.94. The lowest BCUT2D eigenvalue weighted by Crippen LogP contribution is -2.24. The van der Waals surface area contributed by atoms with Crippen LogP contribution in [0.1, 0.15) is 23.0 Å². The molecule has 0 unspecified atom stereocenters. The predicted octanol–water partition coefficient (Wildman–Crippen LogP) is 3.12. The van der Waals surface area contributed by atoms with E-state index in [2.05, 4.69) is 25.9 Å². The molecule has 0 saturated heterocycles. The van der Waals surface area contributed by atoms with Gasteiger partial charge in [0.1, 0.15) is 11.4 Å². The summed E-state index contributed by atoms with van der Waals surface area (Å²) in [6.45, 7) is 1.82. The first kappa shape index (κ1) is 19.8. The molecular formula is C21H21N5O3. The van der Waals surface area contributed by atoms with Crippen molar-refractivity contribution in [2.75, 3.05) is 17.7 Å². The zero-order valence-electron chi connectivity index (χ0n) is 16.1. The van der Waals surface area contributed by atoms with Crippen molar-refractivity contribution in [1.82, 2.24) is 15.3 Å². The number of aromatic nitrogens is 2. The molecule has 1 heterocycles. The maximum absolute atomic E-state index is 12.4. The van der Waals surface area contributed by atoms with Crippen molar-refractivity contribution in [2.45, 2.75) is 13.5 Å². The van der Waals surface area contributed by atoms with Crippen LogP contribution in [0.2, 0.25) is 0 Å². The summed E-state index contributed by atoms with van der Waals surface area (Å²) >= 11 is 0. The first-order valence-electron chi connectivity index (χ1n) is 8.92. The highest BCUT2D eigenvalue weighted by molar-refractivity contribution is 5.92. The molecule has 2 aromatic carbocycles. The maximum atomic E-state index is 12.4. The second-order valence-electron chi connectivity index (χ2n) is 6.18. The van der Waals surface area contributed by atoms with Gasteiger partial charge >= 0.3 is 0 Å². The van der Waals surface area contributed by atoms with Gasteiger partial charge in [-0.15, -0.1) is 0 Å². The number of nitrogens with one attached hydrogen (secondary N) is 3. The maximum Gasteiger partial charge on any atom is 0.270 e. The highest BCUT2D eigenvalue weighted by Crippen LogP contribution is 2.17. The van der Waals surface area contributed by atoms with Gasteiger partial charge in [-0.25, -0.2) is 9.97 Å². The first-order chi connectivity index (χ1) is 14.0. The van der Waals surface area contributed by atoms with E-state index in [-0.39, 0.29) is 17.5 Å². The summed E-state index contributed by atoms with van der Waals surface area (Å²) in [5, 5.41) is 8.56. The summed E-state index contributed by atoms with van der Waals surface area (Å²) in [5.41, 5.74) is 2.63. The van der Waals surface area contributed by atoms with Crippen LogP contribution in [0.15, 0.2) is 60.8 Å². The Morgan fingerprint density at radius 1 is 0.966 bits per heavy atom. The van der Waals surface area contributed by atoms with Crippen molar-refractivity contribution < 1.29 is 14.3 Å². The van der Waals surface area contributed by atoms with Crippen LogP contribution in [0.3, 0.4) is 0 Å². The number of carbonyl (C=O) groups is 2. The highest BCUT2D eigenvalue weighted by Gasteiger charge is 2.09. The van der Waals surface area contributed by atoms with E-state index in [1.807, 2.05) is 24.3 Å². The average Bonchev–Trinajstić information content (AvgIpc) is 2.73. The third-order valence-electron chi connectivity index (χ3n) is 3.96. The van der Waals surface area contributed by atoms with E-state index in [9.17, 15) is 9.59 Å². The van der Waals surface area contributed by atoms with E-state index < -0.39 is 0 Å². The minimum atomic E-state index is -0.299. The molecule has 3 N–H and O–H groups in total. The molecule has 0 fully saturated rings. The van der Waals surface area contributed by atoms with Gasteiger partial charge in [-0.1, -0.05) is 12.1 Å². The molecule has 148 valence electrons. The third-order valence-corrected chi connectivity index (χ3v) is 3.96. The van der Waals surface area contributed by atoms with Crippen molar-refractivity contribution in [3.05, 3.63) is 72.1 Å². The van der Waals surface area contributed by atoms with E-state index in [1.165, 1.54) is 13.1 Å². The van der Waals surface area contributed by atoms with E-state index in [0.29, 0.717) is 18.2 Å². The largest absolute Gasteiger partial charge is 0.497 e. The SMILES string of the molecule is COc1ccc(CNC(=O)c2ccnc(Nc3ccc(NC(C)=O)cc3)n2)cc1. The molecule has 0 aliphatic rings. The van der Waals surface area contributed by atoms with Crippen LogP contribution in [0.5, 0.6) is 5.75 Å². The van der Waals surface area contributed by atoms with Gasteiger partial charge in [0.25, 0.3) is 5.91 Å². The summed E-state index contributed by atoms with van der Waals surface area (Å²) in [6, 6.07) is 16.1. The smallest absolute Gasteiger partial charge is 0.270 e. The number of rotatable bonds is 7. The number of anilines is 3. The molecule has 3 rings (SSSR count). The lowest BCUT2D eigenvalue weighted by atomic mass is 10.2. The van der Waals surface area contributed by atoms with Gasteiger partial charge < -0.3 is 20.7 Å². The quantitative estimate of drug-likeness (QED) is 0.572. The van der Waals surface area contributed by atoms with Crippen molar-refractivity contribution in [3.8, 4) is 5.75 Å². The number of nitrogens with zero attached hydrogens (tertiary/aromatic N) is 2. The Bertz CT molecular complexity index is 988. The Morgan fingerprint density at radius 3 is 2.31 bits per heavy atom. The van der Waals surface area contributed by atoms with Crippen molar-refractivity contribution >= 4 is 29.1 Å². The number of methoxy groups -OCH3 is 1. The highest BCUT2D eigenvalue weighted by atomic mass is 16.5. The summed E-state index contributed by atoms with van der Waals surface area (Å²) < 4.78 is 5.12. The molecule has 0 saturated carbocycles. The molecule has 0 atom stereocenters. The van der Waals surface area contributed by atoms with Gasteiger partial charge in [0.05, 0.1) is 7.11 Å². The fraction of sp³-hybridized carbons (Fsp3) is 0.143. The molecular weight excluding hydrogens is 370 g/mol. The number of ether oxygens (including phenoxy) is 1. The minimum Gasteiger partial charge on any atom is -0.497 e. The van der Waals surface area contributed by atoms with Crippen LogP contribution >= 0.6 is 0 Å². The van der Waals surface area contributed by atoms with Crippen LogP contribution in [0.25, 0.3) is 0 Å². The lowest BCUT2D eigenvalue weighted by Gasteiger charge is -2.09. The summed E-state index contributed by atoms with van der Waals surface area (Å²) in [5.74, 6) is 0.626. The molecule has 29 heavy (non-hydrogen) atoms. The molecule has 0 bridgehead atoms. The zero-order chi connectivity index (χ0) is 20.6. The monoisotopic (exact) mass is 391 g/mol. The van der Waals surface area contributed by atoms with Crippen LogP contribution in [-0.4, -0.2) is 28.9 Å². The third kappa shape index (κ3) is 5.77. The second kappa shape index (κ2) is 9.32. The molecule has 8 heteroatoms. The molecule has 1 aromatic heterocycles. The fourth-order valence-electron chi connectivity index (χ4n) is 2.53. The predicted molar refractivity (Wildman–Crippen MR) is 110 cm³/mol. The lowest BCUT2D eigenvalue weighted by molar-refractivity contribution is -0.114. The molecule has 2 amide bonds. The summed E-state index contributed by atoms with van der Waals surface area (Å²) in [7, 11) is 1.61.